The highest BCUT2D eigenvalue weighted by atomic mass is 16.4. The number of piperazine rings is 1. The van der Waals surface area contributed by atoms with E-state index in [1.165, 1.54) is 0 Å². The van der Waals surface area contributed by atoms with Gasteiger partial charge in [-0.3, -0.25) is 9.59 Å². The van der Waals surface area contributed by atoms with E-state index in [9.17, 15) is 19.5 Å². The van der Waals surface area contributed by atoms with E-state index in [0.29, 0.717) is 26.1 Å². The van der Waals surface area contributed by atoms with E-state index in [2.05, 4.69) is 23.6 Å². The number of para-hydroxylation sites is 1. The molecule has 1 unspecified atom stereocenters. The molecular weight excluding hydrogens is 418 g/mol. The maximum absolute atomic E-state index is 13.2. The Kier molecular flexibility index (Phi) is 5.40. The van der Waals surface area contributed by atoms with Crippen molar-refractivity contribution in [1.82, 2.24) is 14.4 Å². The van der Waals surface area contributed by atoms with E-state index in [-0.39, 0.29) is 23.9 Å². The van der Waals surface area contributed by atoms with E-state index in [1.807, 2.05) is 24.3 Å². The number of hydrogen-bond donors (Lipinski definition) is 1. The van der Waals surface area contributed by atoms with Crippen molar-refractivity contribution in [1.29, 1.82) is 0 Å². The monoisotopic (exact) mass is 445 g/mol. The fourth-order valence-corrected chi connectivity index (χ4v) is 5.09. The van der Waals surface area contributed by atoms with Crippen LogP contribution in [0.5, 0.6) is 0 Å². The number of aromatic carboxylic acids is 1. The molecule has 7 nitrogen and oxygen atoms in total. The number of nitrogens with zero attached hydrogens (tertiary/aromatic N) is 3. The van der Waals surface area contributed by atoms with Crippen molar-refractivity contribution in [3.8, 4) is 0 Å². The quantitative estimate of drug-likeness (QED) is 0.631. The van der Waals surface area contributed by atoms with E-state index in [0.717, 1.165) is 40.6 Å². The average molecular weight is 446 g/mol. The predicted molar refractivity (Wildman–Crippen MR) is 124 cm³/mol. The summed E-state index contributed by atoms with van der Waals surface area (Å²) in [6, 6.07) is 14.6. The van der Waals surface area contributed by atoms with Crippen LogP contribution in [0.3, 0.4) is 0 Å². The zero-order chi connectivity index (χ0) is 23.1. The summed E-state index contributed by atoms with van der Waals surface area (Å²) in [6.07, 6.45) is 2.41. The number of amides is 2. The summed E-state index contributed by atoms with van der Waals surface area (Å²) in [6.45, 7) is 3.85. The first-order chi connectivity index (χ1) is 16.0. The first-order valence-electron chi connectivity index (χ1n) is 11.5. The van der Waals surface area contributed by atoms with Gasteiger partial charge in [0.15, 0.2) is 0 Å². The van der Waals surface area contributed by atoms with Gasteiger partial charge in [0.25, 0.3) is 0 Å². The third-order valence-corrected chi connectivity index (χ3v) is 6.85. The number of aromatic nitrogens is 1. The van der Waals surface area contributed by atoms with Gasteiger partial charge < -0.3 is 19.5 Å². The molecule has 0 radical (unpaired) electrons. The lowest BCUT2D eigenvalue weighted by molar-refractivity contribution is -0.157. The number of hydrogen-bond acceptors (Lipinski definition) is 3. The van der Waals surface area contributed by atoms with Gasteiger partial charge >= 0.3 is 5.97 Å². The third-order valence-electron chi connectivity index (χ3n) is 6.85. The summed E-state index contributed by atoms with van der Waals surface area (Å²) in [7, 11) is 0. The molecule has 33 heavy (non-hydrogen) atoms. The highest BCUT2D eigenvalue weighted by molar-refractivity contribution is 5.97. The van der Waals surface area contributed by atoms with Crippen LogP contribution >= 0.6 is 0 Å². The fraction of sp³-hybridized carbons (Fsp3) is 0.346. The van der Waals surface area contributed by atoms with Crippen LogP contribution in [0.1, 0.15) is 46.9 Å². The largest absolute Gasteiger partial charge is 0.478 e. The van der Waals surface area contributed by atoms with E-state index < -0.39 is 12.0 Å². The molecule has 2 aromatic carbocycles. The zero-order valence-electron chi connectivity index (χ0n) is 18.7. The molecule has 2 amide bonds. The van der Waals surface area contributed by atoms with Crippen LogP contribution in [0.4, 0.5) is 0 Å². The molecule has 5 rings (SSSR count). The Morgan fingerprint density at radius 2 is 1.82 bits per heavy atom. The summed E-state index contributed by atoms with van der Waals surface area (Å²) in [5.74, 6) is -0.892. The number of benzene rings is 2. The van der Waals surface area contributed by atoms with Gasteiger partial charge in [0.1, 0.15) is 6.04 Å². The first-order valence-corrected chi connectivity index (χ1v) is 11.5. The van der Waals surface area contributed by atoms with Crippen LogP contribution in [0.25, 0.3) is 10.9 Å². The standard InChI is InChI=1S/C26H27N3O4/c1-2-3-12-27-16-24(30)29-15-23-20(13-22(29)25(27)31)19-6-4-5-7-21(19)28(23)14-17-8-10-18(11-9-17)26(32)33/h4-11,22H,2-3,12-16H2,1H3,(H,32,33). The highest BCUT2D eigenvalue weighted by Crippen LogP contribution is 2.35. The minimum Gasteiger partial charge on any atom is -0.478 e. The van der Waals surface area contributed by atoms with Gasteiger partial charge in [0.2, 0.25) is 11.8 Å². The van der Waals surface area contributed by atoms with Gasteiger partial charge in [-0.1, -0.05) is 43.7 Å². The molecule has 2 aliphatic heterocycles. The molecule has 1 fully saturated rings. The van der Waals surface area contributed by atoms with Crippen molar-refractivity contribution in [2.75, 3.05) is 13.1 Å². The van der Waals surface area contributed by atoms with Crippen LogP contribution in [0.2, 0.25) is 0 Å². The number of unbranched alkanes of at least 4 members (excludes halogenated alkanes) is 1. The predicted octanol–water partition coefficient (Wildman–Crippen LogP) is 3.28. The van der Waals surface area contributed by atoms with E-state index in [1.54, 1.807) is 21.9 Å². The number of carboxylic acids is 1. The Balaban J connectivity index is 1.52. The van der Waals surface area contributed by atoms with Crippen molar-refractivity contribution in [3.05, 3.63) is 70.9 Å². The van der Waals surface area contributed by atoms with Gasteiger partial charge in [-0.2, -0.15) is 0 Å². The normalized spacial score (nSPS) is 17.9. The van der Waals surface area contributed by atoms with Crippen molar-refractivity contribution < 1.29 is 19.5 Å². The first kappa shape index (κ1) is 21.2. The van der Waals surface area contributed by atoms with Crippen molar-refractivity contribution in [2.45, 2.75) is 45.3 Å². The average Bonchev–Trinajstić information content (AvgIpc) is 3.13. The molecule has 3 aromatic rings. The van der Waals surface area contributed by atoms with Crippen molar-refractivity contribution in [3.63, 3.8) is 0 Å². The Bertz CT molecular complexity index is 1240. The maximum atomic E-state index is 13.2. The lowest BCUT2D eigenvalue weighted by Gasteiger charge is -2.43. The molecule has 0 saturated carbocycles. The molecular formula is C26H27N3O4. The van der Waals surface area contributed by atoms with E-state index in [4.69, 9.17) is 0 Å². The topological polar surface area (TPSA) is 82.8 Å². The van der Waals surface area contributed by atoms with Crippen LogP contribution in [-0.2, 0) is 29.1 Å². The zero-order valence-corrected chi connectivity index (χ0v) is 18.7. The second-order valence-electron chi connectivity index (χ2n) is 8.89. The third kappa shape index (κ3) is 3.67. The van der Waals surface area contributed by atoms with Crippen LogP contribution in [0, 0.1) is 0 Å². The van der Waals surface area contributed by atoms with Crippen LogP contribution in [0.15, 0.2) is 48.5 Å². The SMILES string of the molecule is CCCCN1CC(=O)N2Cc3c(c4ccccc4n3Cc3ccc(C(=O)O)cc3)CC2C1=O. The molecule has 0 bridgehead atoms. The molecule has 3 heterocycles. The lowest BCUT2D eigenvalue weighted by Crippen LogP contribution is -2.61. The van der Waals surface area contributed by atoms with Gasteiger partial charge in [0, 0.05) is 36.1 Å². The summed E-state index contributed by atoms with van der Waals surface area (Å²) >= 11 is 0. The second kappa shape index (κ2) is 8.39. The van der Waals surface area contributed by atoms with Crippen molar-refractivity contribution in [2.24, 2.45) is 0 Å². The molecule has 0 spiro atoms. The Morgan fingerprint density at radius 3 is 2.55 bits per heavy atom. The maximum Gasteiger partial charge on any atom is 0.335 e. The molecule has 1 N–H and O–H groups in total. The van der Waals surface area contributed by atoms with Gasteiger partial charge in [0.05, 0.1) is 18.7 Å². The molecule has 7 heteroatoms. The van der Waals surface area contributed by atoms with Gasteiger partial charge in [-0.25, -0.2) is 4.79 Å². The second-order valence-corrected chi connectivity index (χ2v) is 8.89. The summed E-state index contributed by atoms with van der Waals surface area (Å²) in [5, 5.41) is 10.3. The summed E-state index contributed by atoms with van der Waals surface area (Å²) in [4.78, 5) is 40.9. The highest BCUT2D eigenvalue weighted by Gasteiger charge is 2.43. The molecule has 0 aliphatic carbocycles. The van der Waals surface area contributed by atoms with Crippen LogP contribution in [-0.4, -0.2) is 56.4 Å². The summed E-state index contributed by atoms with van der Waals surface area (Å²) in [5.41, 5.74) is 4.49. The smallest absolute Gasteiger partial charge is 0.335 e. The van der Waals surface area contributed by atoms with Gasteiger partial charge in [-0.05, 0) is 35.7 Å². The molecule has 1 saturated heterocycles. The summed E-state index contributed by atoms with van der Waals surface area (Å²) < 4.78 is 2.21. The lowest BCUT2D eigenvalue weighted by atomic mass is 9.93. The van der Waals surface area contributed by atoms with Crippen LogP contribution < -0.4 is 0 Å². The Hall–Kier alpha value is -3.61. The molecule has 1 aromatic heterocycles. The number of carboxylic acid groups (broad SMARTS) is 1. The number of fused-ring (bicyclic) bond motifs is 4. The molecule has 1 atom stereocenters. The number of carbonyl (C=O) groups excluding carboxylic acids is 2. The Morgan fingerprint density at radius 1 is 1.06 bits per heavy atom. The number of carbonyl (C=O) groups is 3. The molecule has 2 aliphatic rings. The van der Waals surface area contributed by atoms with E-state index >= 15 is 0 Å². The Labute approximate surface area is 192 Å². The minimum atomic E-state index is -0.947. The van der Waals surface area contributed by atoms with Gasteiger partial charge in [-0.15, -0.1) is 0 Å². The fourth-order valence-electron chi connectivity index (χ4n) is 5.09. The van der Waals surface area contributed by atoms with Crippen molar-refractivity contribution >= 4 is 28.7 Å². The number of rotatable bonds is 6. The molecule has 170 valence electrons. The minimum absolute atomic E-state index is 0.00368.